The van der Waals surface area contributed by atoms with E-state index in [-0.39, 0.29) is 6.10 Å². The largest absolute Gasteiger partial charge is 0.393 e. The van der Waals surface area contributed by atoms with Crippen LogP contribution in [0.5, 0.6) is 0 Å². The van der Waals surface area contributed by atoms with E-state index in [4.69, 9.17) is 28.3 Å². The van der Waals surface area contributed by atoms with Crippen LogP contribution in [0.2, 0.25) is 10.0 Å². The van der Waals surface area contributed by atoms with Gasteiger partial charge in [-0.25, -0.2) is 0 Å². The van der Waals surface area contributed by atoms with Crippen molar-refractivity contribution in [3.8, 4) is 0 Å². The number of aliphatic hydroxyl groups is 1. The summed E-state index contributed by atoms with van der Waals surface area (Å²) in [6.07, 6.45) is 5.92. The van der Waals surface area contributed by atoms with Gasteiger partial charge >= 0.3 is 0 Å². The van der Waals surface area contributed by atoms with Gasteiger partial charge in [0.05, 0.1) is 6.10 Å². The van der Waals surface area contributed by atoms with E-state index in [1.54, 1.807) is 18.2 Å². The molecule has 2 rings (SSSR count). The summed E-state index contributed by atoms with van der Waals surface area (Å²) in [7, 11) is 0. The molecular formula is C12H16Cl2O. The van der Waals surface area contributed by atoms with Crippen molar-refractivity contribution in [3.63, 3.8) is 0 Å². The fraction of sp³-hybridized carbons (Fsp3) is 0.500. The highest BCUT2D eigenvalue weighted by Crippen LogP contribution is 2.16. The van der Waals surface area contributed by atoms with Gasteiger partial charge in [0.2, 0.25) is 0 Å². The molecule has 1 aromatic rings. The molecule has 0 amide bonds. The minimum absolute atomic E-state index is 0.0359. The van der Waals surface area contributed by atoms with E-state index in [2.05, 4.69) is 0 Å². The Bertz CT molecular complexity index is 265. The summed E-state index contributed by atoms with van der Waals surface area (Å²) < 4.78 is 0. The molecule has 1 saturated carbocycles. The standard InChI is InChI=1S/C6H4Cl2.C6H12O/c7-5-2-1-3-6(8)4-5;7-6-4-2-1-3-5-6/h1-4H;6-7H,1-5H2. The third kappa shape index (κ3) is 6.03. The third-order valence-corrected chi connectivity index (χ3v) is 2.83. The van der Waals surface area contributed by atoms with Gasteiger partial charge in [0.1, 0.15) is 0 Å². The van der Waals surface area contributed by atoms with Crippen LogP contribution in [0.1, 0.15) is 32.1 Å². The van der Waals surface area contributed by atoms with Gasteiger partial charge in [-0.15, -0.1) is 0 Å². The van der Waals surface area contributed by atoms with Crippen molar-refractivity contribution < 1.29 is 5.11 Å². The molecule has 0 spiro atoms. The molecule has 0 bridgehead atoms. The number of benzene rings is 1. The van der Waals surface area contributed by atoms with Gasteiger partial charge in [0.15, 0.2) is 0 Å². The van der Waals surface area contributed by atoms with Crippen LogP contribution in [0.4, 0.5) is 0 Å². The quantitative estimate of drug-likeness (QED) is 0.724. The summed E-state index contributed by atoms with van der Waals surface area (Å²) in [5, 5.41) is 10.3. The Hall–Kier alpha value is -0.240. The Labute approximate surface area is 101 Å². The van der Waals surface area contributed by atoms with E-state index in [0.29, 0.717) is 10.0 Å². The summed E-state index contributed by atoms with van der Waals surface area (Å²) in [6.45, 7) is 0. The highest BCUT2D eigenvalue weighted by Gasteiger charge is 2.07. The highest BCUT2D eigenvalue weighted by molar-refractivity contribution is 6.34. The second-order valence-corrected chi connectivity index (χ2v) is 4.60. The zero-order valence-corrected chi connectivity index (χ0v) is 10.1. The monoisotopic (exact) mass is 246 g/mol. The van der Waals surface area contributed by atoms with E-state index in [1.807, 2.05) is 6.07 Å². The molecule has 84 valence electrons. The van der Waals surface area contributed by atoms with Crippen molar-refractivity contribution in [1.29, 1.82) is 0 Å². The molecule has 0 atom stereocenters. The molecule has 0 radical (unpaired) electrons. The maximum Gasteiger partial charge on any atom is 0.0540 e. The zero-order valence-electron chi connectivity index (χ0n) is 8.63. The molecule has 3 heteroatoms. The van der Waals surface area contributed by atoms with Crippen LogP contribution in [-0.2, 0) is 0 Å². The lowest BCUT2D eigenvalue weighted by molar-refractivity contribution is 0.130. The minimum atomic E-state index is 0.0359. The Morgan fingerprint density at radius 1 is 1.00 bits per heavy atom. The van der Waals surface area contributed by atoms with Crippen molar-refractivity contribution in [2.24, 2.45) is 0 Å². The van der Waals surface area contributed by atoms with Crippen LogP contribution in [0.3, 0.4) is 0 Å². The smallest absolute Gasteiger partial charge is 0.0540 e. The van der Waals surface area contributed by atoms with Crippen molar-refractivity contribution in [2.45, 2.75) is 38.2 Å². The average molecular weight is 247 g/mol. The zero-order chi connectivity index (χ0) is 11.1. The molecule has 1 aromatic carbocycles. The number of hydrogen-bond donors (Lipinski definition) is 1. The minimum Gasteiger partial charge on any atom is -0.393 e. The lowest BCUT2D eigenvalue weighted by atomic mass is 9.98. The first-order valence-electron chi connectivity index (χ1n) is 5.27. The van der Waals surface area contributed by atoms with Crippen molar-refractivity contribution in [1.82, 2.24) is 0 Å². The van der Waals surface area contributed by atoms with Crippen LogP contribution in [0, 0.1) is 0 Å². The van der Waals surface area contributed by atoms with Crippen LogP contribution >= 0.6 is 23.2 Å². The topological polar surface area (TPSA) is 20.2 Å². The Morgan fingerprint density at radius 3 is 1.80 bits per heavy atom. The van der Waals surface area contributed by atoms with E-state index in [0.717, 1.165) is 12.8 Å². The van der Waals surface area contributed by atoms with E-state index < -0.39 is 0 Å². The van der Waals surface area contributed by atoms with Gasteiger partial charge in [-0.1, -0.05) is 48.5 Å². The maximum atomic E-state index is 8.91. The first kappa shape index (κ1) is 12.8. The van der Waals surface area contributed by atoms with E-state index >= 15 is 0 Å². The lowest BCUT2D eigenvalue weighted by Crippen LogP contribution is -2.09. The van der Waals surface area contributed by atoms with Crippen LogP contribution in [0.25, 0.3) is 0 Å². The van der Waals surface area contributed by atoms with Crippen LogP contribution in [0.15, 0.2) is 24.3 Å². The van der Waals surface area contributed by atoms with Crippen molar-refractivity contribution >= 4 is 23.2 Å². The maximum absolute atomic E-state index is 8.91. The molecule has 0 unspecified atom stereocenters. The highest BCUT2D eigenvalue weighted by atomic mass is 35.5. The van der Waals surface area contributed by atoms with Crippen LogP contribution in [-0.4, -0.2) is 11.2 Å². The number of rotatable bonds is 0. The van der Waals surface area contributed by atoms with Gasteiger partial charge in [-0.05, 0) is 31.0 Å². The summed E-state index contributed by atoms with van der Waals surface area (Å²) in [5.41, 5.74) is 0. The van der Waals surface area contributed by atoms with Gasteiger partial charge in [0.25, 0.3) is 0 Å². The van der Waals surface area contributed by atoms with Gasteiger partial charge < -0.3 is 5.11 Å². The molecule has 0 heterocycles. The van der Waals surface area contributed by atoms with Crippen LogP contribution < -0.4 is 0 Å². The average Bonchev–Trinajstić information content (AvgIpc) is 2.19. The van der Waals surface area contributed by atoms with Gasteiger partial charge in [-0.3, -0.25) is 0 Å². The second-order valence-electron chi connectivity index (χ2n) is 3.73. The first-order valence-corrected chi connectivity index (χ1v) is 6.03. The summed E-state index contributed by atoms with van der Waals surface area (Å²) in [5.74, 6) is 0. The Morgan fingerprint density at radius 2 is 1.53 bits per heavy atom. The molecule has 1 N–H and O–H groups in total. The molecule has 0 aliphatic heterocycles. The normalized spacial score (nSPS) is 16.7. The molecule has 1 nitrogen and oxygen atoms in total. The molecular weight excluding hydrogens is 231 g/mol. The molecule has 1 aliphatic rings. The van der Waals surface area contributed by atoms with E-state index in [9.17, 15) is 0 Å². The molecule has 0 aromatic heterocycles. The van der Waals surface area contributed by atoms with Crippen molar-refractivity contribution in [3.05, 3.63) is 34.3 Å². The fourth-order valence-corrected chi connectivity index (χ4v) is 1.98. The molecule has 1 aliphatic carbocycles. The first-order chi connectivity index (χ1) is 7.18. The predicted molar refractivity (Wildman–Crippen MR) is 65.6 cm³/mol. The predicted octanol–water partition coefficient (Wildman–Crippen LogP) is 4.30. The molecule has 1 fully saturated rings. The molecule has 15 heavy (non-hydrogen) atoms. The fourth-order valence-electron chi connectivity index (χ4n) is 1.54. The number of halogens is 2. The number of aliphatic hydroxyl groups excluding tert-OH is 1. The SMILES string of the molecule is Clc1cccc(Cl)c1.OC1CCCCC1. The molecule has 0 saturated heterocycles. The summed E-state index contributed by atoms with van der Waals surface area (Å²) in [4.78, 5) is 0. The van der Waals surface area contributed by atoms with Gasteiger partial charge in [-0.2, -0.15) is 0 Å². The van der Waals surface area contributed by atoms with E-state index in [1.165, 1.54) is 19.3 Å². The summed E-state index contributed by atoms with van der Waals surface area (Å²) >= 11 is 11.1. The third-order valence-electron chi connectivity index (χ3n) is 2.36. The Balaban J connectivity index is 0.000000151. The summed E-state index contributed by atoms with van der Waals surface area (Å²) in [6, 6.07) is 7.08. The lowest BCUT2D eigenvalue weighted by Gasteiger charge is -2.14. The second kappa shape index (κ2) is 7.10. The van der Waals surface area contributed by atoms with Crippen molar-refractivity contribution in [2.75, 3.05) is 0 Å². The Kier molecular flexibility index (Phi) is 6.07. The number of hydrogen-bond acceptors (Lipinski definition) is 1. The van der Waals surface area contributed by atoms with Gasteiger partial charge in [0, 0.05) is 10.0 Å².